The summed E-state index contributed by atoms with van der Waals surface area (Å²) in [6, 6.07) is 14.6. The highest BCUT2D eigenvalue weighted by atomic mass is 79.9. The molecule has 8 nitrogen and oxygen atoms in total. The number of carbonyl (C=O) groups is 1. The predicted octanol–water partition coefficient (Wildman–Crippen LogP) is 6.44. The molecule has 0 radical (unpaired) electrons. The maximum Gasteiger partial charge on any atom is 0.323 e. The third kappa shape index (κ3) is 6.60. The van der Waals surface area contributed by atoms with Gasteiger partial charge in [0.15, 0.2) is 0 Å². The number of ether oxygens (including phenoxy) is 2. The standard InChI is InChI=1S/C24H22BrN5O3.C2H6/c1-32-21-14-22(33-2)20(13-19(21)25)29-24(31)28-18-5-3-4-16(12-18)15-30-11-10-27-23(30)17-6-8-26-9-7-17;1-2/h3-14H,15H2,1-2H3,(H2,28,29,31);1-2H3. The van der Waals surface area contributed by atoms with Gasteiger partial charge < -0.3 is 24.7 Å². The molecule has 0 saturated carbocycles. The number of nitrogens with one attached hydrogen (secondary N) is 2. The number of methoxy groups -OCH3 is 2. The van der Waals surface area contributed by atoms with Crippen molar-refractivity contribution >= 4 is 33.3 Å². The van der Waals surface area contributed by atoms with E-state index in [1.54, 1.807) is 37.8 Å². The van der Waals surface area contributed by atoms with Gasteiger partial charge in [0.2, 0.25) is 0 Å². The van der Waals surface area contributed by atoms with E-state index in [1.165, 1.54) is 7.11 Å². The molecular formula is C26H28BrN5O3. The van der Waals surface area contributed by atoms with Crippen LogP contribution in [0.3, 0.4) is 0 Å². The molecule has 2 aromatic carbocycles. The first-order chi connectivity index (χ1) is 17.1. The van der Waals surface area contributed by atoms with E-state index < -0.39 is 0 Å². The Hall–Kier alpha value is -3.85. The zero-order valence-corrected chi connectivity index (χ0v) is 21.7. The van der Waals surface area contributed by atoms with Gasteiger partial charge in [-0.05, 0) is 51.8 Å². The summed E-state index contributed by atoms with van der Waals surface area (Å²) in [5.74, 6) is 1.95. The number of imidazole rings is 1. The third-order valence-corrected chi connectivity index (χ3v) is 5.53. The van der Waals surface area contributed by atoms with Gasteiger partial charge in [-0.25, -0.2) is 9.78 Å². The quantitative estimate of drug-likeness (QED) is 0.283. The number of halogens is 1. The number of carbonyl (C=O) groups excluding carboxylic acids is 1. The lowest BCUT2D eigenvalue weighted by Gasteiger charge is -2.14. The zero-order chi connectivity index (χ0) is 25.2. The maximum absolute atomic E-state index is 12.6. The molecule has 4 rings (SSSR count). The Labute approximate surface area is 213 Å². The van der Waals surface area contributed by atoms with Crippen molar-refractivity contribution in [2.24, 2.45) is 0 Å². The highest BCUT2D eigenvalue weighted by Gasteiger charge is 2.13. The maximum atomic E-state index is 12.6. The lowest BCUT2D eigenvalue weighted by molar-refractivity contribution is 0.262. The largest absolute Gasteiger partial charge is 0.495 e. The number of hydrogen-bond acceptors (Lipinski definition) is 5. The fourth-order valence-corrected chi connectivity index (χ4v) is 3.89. The van der Waals surface area contributed by atoms with E-state index in [0.717, 1.165) is 17.0 Å². The molecule has 0 unspecified atom stereocenters. The molecule has 2 aromatic heterocycles. The molecule has 0 aliphatic rings. The second-order valence-corrected chi connectivity index (χ2v) is 7.94. The number of amides is 2. The van der Waals surface area contributed by atoms with Crippen LogP contribution < -0.4 is 20.1 Å². The number of benzene rings is 2. The Morgan fingerprint density at radius 3 is 2.43 bits per heavy atom. The van der Waals surface area contributed by atoms with Gasteiger partial charge in [0.05, 0.1) is 24.4 Å². The monoisotopic (exact) mass is 537 g/mol. The van der Waals surface area contributed by atoms with Crippen LogP contribution >= 0.6 is 15.9 Å². The van der Waals surface area contributed by atoms with Crippen LogP contribution in [-0.4, -0.2) is 34.8 Å². The summed E-state index contributed by atoms with van der Waals surface area (Å²) in [4.78, 5) is 21.2. The fourth-order valence-electron chi connectivity index (χ4n) is 3.38. The van der Waals surface area contributed by atoms with Crippen molar-refractivity contribution in [1.29, 1.82) is 0 Å². The topological polar surface area (TPSA) is 90.3 Å². The van der Waals surface area contributed by atoms with Crippen molar-refractivity contribution in [3.05, 3.63) is 83.4 Å². The number of rotatable bonds is 7. The van der Waals surface area contributed by atoms with Crippen molar-refractivity contribution in [3.63, 3.8) is 0 Å². The fraction of sp³-hybridized carbons (Fsp3) is 0.192. The molecule has 0 fully saturated rings. The van der Waals surface area contributed by atoms with Crippen LogP contribution in [0.25, 0.3) is 11.4 Å². The van der Waals surface area contributed by atoms with Gasteiger partial charge >= 0.3 is 6.03 Å². The third-order valence-electron chi connectivity index (χ3n) is 4.91. The molecule has 0 aliphatic carbocycles. The van der Waals surface area contributed by atoms with Crippen LogP contribution in [0.2, 0.25) is 0 Å². The Bertz CT molecular complexity index is 1260. The van der Waals surface area contributed by atoms with Gasteiger partial charge in [0, 0.05) is 48.6 Å². The van der Waals surface area contributed by atoms with Crippen LogP contribution in [0.4, 0.5) is 16.2 Å². The van der Waals surface area contributed by atoms with Crippen molar-refractivity contribution in [1.82, 2.24) is 14.5 Å². The smallest absolute Gasteiger partial charge is 0.323 e. The second kappa shape index (κ2) is 12.6. The van der Waals surface area contributed by atoms with Crippen molar-refractivity contribution < 1.29 is 14.3 Å². The Morgan fingerprint density at radius 1 is 0.971 bits per heavy atom. The summed E-state index contributed by atoms with van der Waals surface area (Å²) in [7, 11) is 3.10. The summed E-state index contributed by atoms with van der Waals surface area (Å²) in [6.45, 7) is 4.61. The molecule has 0 bridgehead atoms. The molecule has 2 heterocycles. The van der Waals surface area contributed by atoms with Gasteiger partial charge in [0.1, 0.15) is 17.3 Å². The van der Waals surface area contributed by atoms with Gasteiger partial charge in [-0.15, -0.1) is 0 Å². The van der Waals surface area contributed by atoms with E-state index in [4.69, 9.17) is 9.47 Å². The molecular weight excluding hydrogens is 510 g/mol. The average molecular weight is 538 g/mol. The first-order valence-electron chi connectivity index (χ1n) is 11.1. The van der Waals surface area contributed by atoms with Crippen LogP contribution in [0, 0.1) is 0 Å². The normalized spacial score (nSPS) is 10.1. The minimum absolute atomic E-state index is 0.386. The van der Waals surface area contributed by atoms with Gasteiger partial charge in [-0.2, -0.15) is 0 Å². The number of aromatic nitrogens is 3. The summed E-state index contributed by atoms with van der Waals surface area (Å²) in [6.07, 6.45) is 7.18. The van der Waals surface area contributed by atoms with Crippen molar-refractivity contribution in [2.45, 2.75) is 20.4 Å². The van der Waals surface area contributed by atoms with Gasteiger partial charge in [0.25, 0.3) is 0 Å². The van der Waals surface area contributed by atoms with Gasteiger partial charge in [-0.3, -0.25) is 4.98 Å². The molecule has 182 valence electrons. The SMILES string of the molecule is CC.COc1cc(OC)c(NC(=O)Nc2cccc(Cn3ccnc3-c3ccncc3)c2)cc1Br. The Balaban J connectivity index is 0.00000167. The number of nitrogens with zero attached hydrogens (tertiary/aromatic N) is 3. The molecule has 0 spiro atoms. The summed E-state index contributed by atoms with van der Waals surface area (Å²) >= 11 is 3.42. The number of pyridine rings is 1. The van der Waals surface area contributed by atoms with E-state index in [0.29, 0.717) is 33.9 Å². The summed E-state index contributed by atoms with van der Waals surface area (Å²) < 4.78 is 13.4. The minimum Gasteiger partial charge on any atom is -0.495 e. The predicted molar refractivity (Wildman–Crippen MR) is 142 cm³/mol. The first kappa shape index (κ1) is 25.8. The second-order valence-electron chi connectivity index (χ2n) is 7.08. The molecule has 4 aromatic rings. The van der Waals surface area contributed by atoms with Crippen molar-refractivity contribution in [3.8, 4) is 22.9 Å². The van der Waals surface area contributed by atoms with Crippen LogP contribution in [0.15, 0.2) is 77.8 Å². The Morgan fingerprint density at radius 2 is 1.71 bits per heavy atom. The van der Waals surface area contributed by atoms with E-state index in [2.05, 4.69) is 36.5 Å². The van der Waals surface area contributed by atoms with E-state index >= 15 is 0 Å². The van der Waals surface area contributed by atoms with E-state index in [1.807, 2.05) is 61.0 Å². The molecule has 0 atom stereocenters. The van der Waals surface area contributed by atoms with Gasteiger partial charge in [-0.1, -0.05) is 26.0 Å². The van der Waals surface area contributed by atoms with Crippen LogP contribution in [0.1, 0.15) is 19.4 Å². The number of hydrogen-bond donors (Lipinski definition) is 2. The number of urea groups is 1. The van der Waals surface area contributed by atoms with E-state index in [-0.39, 0.29) is 6.03 Å². The molecule has 2 amide bonds. The average Bonchev–Trinajstić information content (AvgIpc) is 3.34. The minimum atomic E-state index is -0.386. The van der Waals surface area contributed by atoms with Crippen molar-refractivity contribution in [2.75, 3.05) is 24.9 Å². The molecule has 0 saturated heterocycles. The number of anilines is 2. The lowest BCUT2D eigenvalue weighted by atomic mass is 10.2. The highest BCUT2D eigenvalue weighted by Crippen LogP contribution is 2.36. The van der Waals surface area contributed by atoms with Crippen LogP contribution in [0.5, 0.6) is 11.5 Å². The van der Waals surface area contributed by atoms with E-state index in [9.17, 15) is 4.79 Å². The molecule has 35 heavy (non-hydrogen) atoms. The zero-order valence-electron chi connectivity index (χ0n) is 20.1. The lowest BCUT2D eigenvalue weighted by Crippen LogP contribution is -2.20. The highest BCUT2D eigenvalue weighted by molar-refractivity contribution is 9.10. The summed E-state index contributed by atoms with van der Waals surface area (Å²) in [5.41, 5.74) is 3.19. The summed E-state index contributed by atoms with van der Waals surface area (Å²) in [5, 5.41) is 5.69. The molecule has 9 heteroatoms. The first-order valence-corrected chi connectivity index (χ1v) is 11.9. The molecule has 2 N–H and O–H groups in total. The Kier molecular flexibility index (Phi) is 9.25. The molecule has 0 aliphatic heterocycles. The van der Waals surface area contributed by atoms with Crippen LogP contribution in [-0.2, 0) is 6.54 Å².